The molecule has 0 spiro atoms. The summed E-state index contributed by atoms with van der Waals surface area (Å²) in [6.07, 6.45) is 0. The van der Waals surface area contributed by atoms with Crippen molar-refractivity contribution < 1.29 is 0 Å². The van der Waals surface area contributed by atoms with Crippen molar-refractivity contribution in [2.45, 2.75) is 0 Å². The van der Waals surface area contributed by atoms with Gasteiger partial charge in [-0.15, -0.1) is 11.3 Å². The van der Waals surface area contributed by atoms with Crippen LogP contribution in [0.2, 0.25) is 0 Å². The van der Waals surface area contributed by atoms with Gasteiger partial charge in [0.05, 0.1) is 10.4 Å². The molecular weight excluding hydrogens is 623 g/mol. The predicted octanol–water partition coefficient (Wildman–Crippen LogP) is 14.3. The first-order valence-corrected chi connectivity index (χ1v) is 17.9. The van der Waals surface area contributed by atoms with E-state index in [4.69, 9.17) is 0 Å². The second-order valence-electron chi connectivity index (χ2n) is 12.9. The van der Waals surface area contributed by atoms with Crippen molar-refractivity contribution in [3.05, 3.63) is 188 Å². The third-order valence-corrected chi connectivity index (χ3v) is 11.3. The van der Waals surface area contributed by atoms with E-state index in [0.717, 1.165) is 11.4 Å². The van der Waals surface area contributed by atoms with Crippen LogP contribution in [0.3, 0.4) is 0 Å². The molecular formula is C48H31NS. The van der Waals surface area contributed by atoms with Gasteiger partial charge < -0.3 is 4.90 Å². The molecule has 0 bridgehead atoms. The maximum atomic E-state index is 2.44. The Morgan fingerprint density at radius 1 is 0.320 bits per heavy atom. The Labute approximate surface area is 294 Å². The lowest BCUT2D eigenvalue weighted by atomic mass is 9.93. The minimum atomic E-state index is 1.12. The molecule has 0 radical (unpaired) electrons. The number of fused-ring (bicyclic) bond motifs is 8. The molecule has 0 aliphatic heterocycles. The van der Waals surface area contributed by atoms with Gasteiger partial charge in [0.25, 0.3) is 0 Å². The van der Waals surface area contributed by atoms with E-state index in [1.807, 2.05) is 11.3 Å². The number of anilines is 3. The zero-order valence-electron chi connectivity index (χ0n) is 27.3. The fourth-order valence-corrected chi connectivity index (χ4v) is 8.99. The lowest BCUT2D eigenvalue weighted by Crippen LogP contribution is -2.10. The van der Waals surface area contributed by atoms with Crippen molar-refractivity contribution in [1.82, 2.24) is 0 Å². The average molecular weight is 654 g/mol. The van der Waals surface area contributed by atoms with E-state index in [1.165, 1.54) is 80.4 Å². The SMILES string of the molecule is c1ccc(-c2cccc(N(c3ccc(-c4cc5ccccc5c5ccccc45)cc3)c3cccc4c3sc3c5ccccc5ccc43)c2)cc1. The van der Waals surface area contributed by atoms with Gasteiger partial charge >= 0.3 is 0 Å². The molecule has 1 heterocycles. The van der Waals surface area contributed by atoms with E-state index in [9.17, 15) is 0 Å². The topological polar surface area (TPSA) is 3.24 Å². The van der Waals surface area contributed by atoms with Gasteiger partial charge in [0.15, 0.2) is 0 Å². The first-order valence-electron chi connectivity index (χ1n) is 17.1. The number of hydrogen-bond acceptors (Lipinski definition) is 2. The lowest BCUT2D eigenvalue weighted by Gasteiger charge is -2.27. The molecule has 234 valence electrons. The van der Waals surface area contributed by atoms with Crippen LogP contribution in [0.5, 0.6) is 0 Å². The molecule has 0 fully saturated rings. The second kappa shape index (κ2) is 11.7. The molecule has 0 amide bonds. The van der Waals surface area contributed by atoms with Gasteiger partial charge in [0.1, 0.15) is 0 Å². The molecule has 10 rings (SSSR count). The van der Waals surface area contributed by atoms with Gasteiger partial charge in [-0.25, -0.2) is 0 Å². The Hall–Kier alpha value is -6.22. The molecule has 9 aromatic carbocycles. The Bertz CT molecular complexity index is 2870. The fourth-order valence-electron chi connectivity index (χ4n) is 7.65. The molecule has 0 atom stereocenters. The monoisotopic (exact) mass is 653 g/mol. The van der Waals surface area contributed by atoms with Crippen LogP contribution in [0.4, 0.5) is 17.1 Å². The van der Waals surface area contributed by atoms with Gasteiger partial charge in [-0.05, 0) is 91.0 Å². The lowest BCUT2D eigenvalue weighted by molar-refractivity contribution is 1.30. The van der Waals surface area contributed by atoms with Crippen LogP contribution >= 0.6 is 11.3 Å². The van der Waals surface area contributed by atoms with E-state index < -0.39 is 0 Å². The maximum absolute atomic E-state index is 2.44. The predicted molar refractivity (Wildman–Crippen MR) is 217 cm³/mol. The van der Waals surface area contributed by atoms with Crippen molar-refractivity contribution in [1.29, 1.82) is 0 Å². The summed E-state index contributed by atoms with van der Waals surface area (Å²) in [6.45, 7) is 0. The Balaban J connectivity index is 1.18. The van der Waals surface area contributed by atoms with Gasteiger partial charge in [0.2, 0.25) is 0 Å². The van der Waals surface area contributed by atoms with Gasteiger partial charge in [-0.1, -0.05) is 152 Å². The molecule has 2 heteroatoms. The van der Waals surface area contributed by atoms with Crippen LogP contribution in [0.15, 0.2) is 188 Å². The second-order valence-corrected chi connectivity index (χ2v) is 13.9. The highest BCUT2D eigenvalue weighted by Crippen LogP contribution is 2.47. The minimum Gasteiger partial charge on any atom is -0.309 e. The molecule has 50 heavy (non-hydrogen) atoms. The highest BCUT2D eigenvalue weighted by molar-refractivity contribution is 7.27. The number of thiophene rings is 1. The quantitative estimate of drug-likeness (QED) is 0.167. The summed E-state index contributed by atoms with van der Waals surface area (Å²) in [7, 11) is 0. The zero-order chi connectivity index (χ0) is 33.0. The maximum Gasteiger partial charge on any atom is 0.0640 e. The van der Waals surface area contributed by atoms with Crippen LogP contribution in [0.1, 0.15) is 0 Å². The number of hydrogen-bond donors (Lipinski definition) is 0. The van der Waals surface area contributed by atoms with Crippen molar-refractivity contribution in [2.24, 2.45) is 0 Å². The third-order valence-electron chi connectivity index (χ3n) is 10.0. The summed E-state index contributed by atoms with van der Waals surface area (Å²) in [5, 5.41) is 10.3. The van der Waals surface area contributed by atoms with Gasteiger partial charge in [-0.3, -0.25) is 0 Å². The Morgan fingerprint density at radius 2 is 0.960 bits per heavy atom. The van der Waals surface area contributed by atoms with Crippen molar-refractivity contribution in [3.63, 3.8) is 0 Å². The van der Waals surface area contributed by atoms with E-state index in [1.54, 1.807) is 0 Å². The van der Waals surface area contributed by atoms with Crippen molar-refractivity contribution in [3.8, 4) is 22.3 Å². The molecule has 0 aliphatic rings. The summed E-state index contributed by atoms with van der Waals surface area (Å²) < 4.78 is 2.62. The number of benzene rings is 9. The summed E-state index contributed by atoms with van der Waals surface area (Å²) in [5.74, 6) is 0. The molecule has 1 aromatic heterocycles. The first-order chi connectivity index (χ1) is 24.8. The van der Waals surface area contributed by atoms with Gasteiger partial charge in [0, 0.05) is 26.8 Å². The standard InChI is InChI=1S/C48H31NS/c1-2-12-32(13-3-1)35-16-10-17-38(30-35)49(46-23-11-22-43-44-29-26-33-14-4-7-19-40(33)47(44)50-48(43)46)37-27-24-34(25-28-37)45-31-36-15-5-6-18-39(36)41-20-8-9-21-42(41)45/h1-31H. The van der Waals surface area contributed by atoms with E-state index in [2.05, 4.69) is 193 Å². The Morgan fingerprint density at radius 3 is 1.80 bits per heavy atom. The highest BCUT2D eigenvalue weighted by atomic mass is 32.1. The molecule has 0 N–H and O–H groups in total. The summed E-state index contributed by atoms with van der Waals surface area (Å²) in [4.78, 5) is 2.44. The summed E-state index contributed by atoms with van der Waals surface area (Å²) >= 11 is 1.90. The first kappa shape index (κ1) is 28.8. The number of nitrogens with zero attached hydrogens (tertiary/aromatic N) is 1. The molecule has 0 saturated carbocycles. The van der Waals surface area contributed by atoms with E-state index in [-0.39, 0.29) is 0 Å². The molecule has 0 aliphatic carbocycles. The number of rotatable bonds is 5. The van der Waals surface area contributed by atoms with Crippen LogP contribution in [0.25, 0.3) is 74.7 Å². The van der Waals surface area contributed by atoms with E-state index >= 15 is 0 Å². The van der Waals surface area contributed by atoms with Gasteiger partial charge in [-0.2, -0.15) is 0 Å². The zero-order valence-corrected chi connectivity index (χ0v) is 28.1. The molecule has 0 unspecified atom stereocenters. The molecule has 0 saturated heterocycles. The summed E-state index contributed by atoms with van der Waals surface area (Å²) in [6, 6.07) is 68.6. The molecule has 1 nitrogen and oxygen atoms in total. The van der Waals surface area contributed by atoms with Crippen LogP contribution in [-0.2, 0) is 0 Å². The highest BCUT2D eigenvalue weighted by Gasteiger charge is 2.20. The van der Waals surface area contributed by atoms with Crippen LogP contribution in [0, 0.1) is 0 Å². The normalized spacial score (nSPS) is 11.6. The molecule has 10 aromatic rings. The largest absolute Gasteiger partial charge is 0.309 e. The van der Waals surface area contributed by atoms with Crippen LogP contribution in [-0.4, -0.2) is 0 Å². The third kappa shape index (κ3) is 4.69. The Kier molecular flexibility index (Phi) is 6.75. The van der Waals surface area contributed by atoms with Crippen LogP contribution < -0.4 is 4.90 Å². The van der Waals surface area contributed by atoms with Crippen molar-refractivity contribution >= 4 is 80.9 Å². The minimum absolute atomic E-state index is 1.12. The average Bonchev–Trinajstić information content (AvgIpc) is 3.59. The van der Waals surface area contributed by atoms with Crippen molar-refractivity contribution in [2.75, 3.05) is 4.90 Å². The fraction of sp³-hybridized carbons (Fsp3) is 0. The smallest absolute Gasteiger partial charge is 0.0640 e. The summed E-state index contributed by atoms with van der Waals surface area (Å²) in [5.41, 5.74) is 8.30. The van der Waals surface area contributed by atoms with E-state index in [0.29, 0.717) is 0 Å².